The van der Waals surface area contributed by atoms with E-state index in [-0.39, 0.29) is 5.91 Å². The minimum atomic E-state index is -0.344. The number of thiocarbonyl (C=S) groups is 1. The lowest BCUT2D eigenvalue weighted by molar-refractivity contribution is 0.0943. The highest BCUT2D eigenvalue weighted by Gasteiger charge is 2.22. The molecule has 0 radical (unpaired) electrons. The topological polar surface area (TPSA) is 71.6 Å². The summed E-state index contributed by atoms with van der Waals surface area (Å²) in [6.45, 7) is 3.29. The summed E-state index contributed by atoms with van der Waals surface area (Å²) >= 11 is 11.5. The van der Waals surface area contributed by atoms with Gasteiger partial charge in [-0.2, -0.15) is 0 Å². The third-order valence-corrected chi connectivity index (χ3v) is 5.28. The van der Waals surface area contributed by atoms with E-state index in [1.54, 1.807) is 12.1 Å². The van der Waals surface area contributed by atoms with Crippen molar-refractivity contribution >= 4 is 34.8 Å². The highest BCUT2D eigenvalue weighted by Crippen LogP contribution is 2.37. The van der Waals surface area contributed by atoms with Gasteiger partial charge in [-0.1, -0.05) is 31.4 Å². The van der Waals surface area contributed by atoms with Crippen LogP contribution in [-0.2, 0) is 0 Å². The minimum absolute atomic E-state index is 0.341. The average Bonchev–Trinajstić information content (AvgIpc) is 2.87. The number of fused-ring (bicyclic) bond motifs is 1. The Morgan fingerprint density at radius 1 is 1.15 bits per heavy atom. The fraction of sp³-hybridized carbons (Fsp3) is 0.556. The van der Waals surface area contributed by atoms with Crippen molar-refractivity contribution in [2.24, 2.45) is 5.92 Å². The van der Waals surface area contributed by atoms with Gasteiger partial charge in [0.2, 0.25) is 0 Å². The summed E-state index contributed by atoms with van der Waals surface area (Å²) in [7, 11) is 0. The number of halogens is 1. The van der Waals surface area contributed by atoms with Crippen molar-refractivity contribution in [1.29, 1.82) is 0 Å². The fourth-order valence-corrected chi connectivity index (χ4v) is 3.75. The Balaban J connectivity index is 1.57. The van der Waals surface area contributed by atoms with Gasteiger partial charge in [-0.25, -0.2) is 0 Å². The first-order valence-corrected chi connectivity index (χ1v) is 9.79. The molecule has 1 aliphatic heterocycles. The molecule has 1 aromatic rings. The van der Waals surface area contributed by atoms with Gasteiger partial charge in [-0.3, -0.25) is 15.6 Å². The SMILES string of the molecule is CC1CCCCC1NC(=S)NNC(=O)c1cc(Cl)c2c(c1)OCCCO2. The lowest BCUT2D eigenvalue weighted by atomic mass is 9.86. The maximum Gasteiger partial charge on any atom is 0.269 e. The van der Waals surface area contributed by atoms with Crippen LogP contribution in [0.5, 0.6) is 11.5 Å². The fourth-order valence-electron chi connectivity index (χ4n) is 3.28. The molecule has 1 amide bonds. The number of benzene rings is 1. The largest absolute Gasteiger partial charge is 0.489 e. The summed E-state index contributed by atoms with van der Waals surface area (Å²) < 4.78 is 11.2. The summed E-state index contributed by atoms with van der Waals surface area (Å²) in [5.74, 6) is 1.19. The van der Waals surface area contributed by atoms with Crippen LogP contribution in [0, 0.1) is 5.92 Å². The maximum atomic E-state index is 12.4. The molecule has 0 bridgehead atoms. The molecule has 1 aromatic carbocycles. The van der Waals surface area contributed by atoms with Gasteiger partial charge in [0.25, 0.3) is 5.91 Å². The minimum Gasteiger partial charge on any atom is -0.489 e. The van der Waals surface area contributed by atoms with E-state index in [1.807, 2.05) is 0 Å². The number of hydrogen-bond acceptors (Lipinski definition) is 4. The van der Waals surface area contributed by atoms with Crippen LogP contribution in [0.3, 0.4) is 0 Å². The molecule has 3 rings (SSSR count). The van der Waals surface area contributed by atoms with Gasteiger partial charge in [0, 0.05) is 18.0 Å². The van der Waals surface area contributed by atoms with Gasteiger partial charge in [-0.15, -0.1) is 0 Å². The Hall–Kier alpha value is -1.73. The molecule has 8 heteroatoms. The summed E-state index contributed by atoms with van der Waals surface area (Å²) in [5.41, 5.74) is 5.75. The van der Waals surface area contributed by atoms with Gasteiger partial charge in [0.1, 0.15) is 0 Å². The van der Waals surface area contributed by atoms with Crippen molar-refractivity contribution in [3.63, 3.8) is 0 Å². The molecule has 2 aliphatic rings. The molecule has 1 fully saturated rings. The van der Waals surface area contributed by atoms with E-state index < -0.39 is 0 Å². The van der Waals surface area contributed by atoms with E-state index in [1.165, 1.54) is 19.3 Å². The van der Waals surface area contributed by atoms with E-state index in [0.717, 1.165) is 12.8 Å². The number of carbonyl (C=O) groups excluding carboxylic acids is 1. The Morgan fingerprint density at radius 3 is 2.73 bits per heavy atom. The molecule has 2 unspecified atom stereocenters. The monoisotopic (exact) mass is 397 g/mol. The van der Waals surface area contributed by atoms with E-state index in [4.69, 9.17) is 33.3 Å². The average molecular weight is 398 g/mol. The van der Waals surface area contributed by atoms with Crippen molar-refractivity contribution in [1.82, 2.24) is 16.2 Å². The zero-order chi connectivity index (χ0) is 18.5. The molecule has 0 saturated heterocycles. The van der Waals surface area contributed by atoms with Gasteiger partial charge >= 0.3 is 0 Å². The molecular formula is C18H24ClN3O3S. The summed E-state index contributed by atoms with van der Waals surface area (Å²) in [5, 5.41) is 4.05. The third-order valence-electron chi connectivity index (χ3n) is 4.78. The maximum absolute atomic E-state index is 12.4. The van der Waals surface area contributed by atoms with Crippen molar-refractivity contribution in [3.05, 3.63) is 22.7 Å². The molecule has 0 spiro atoms. The smallest absolute Gasteiger partial charge is 0.269 e. The number of hydrogen-bond donors (Lipinski definition) is 3. The molecule has 1 aliphatic carbocycles. The Morgan fingerprint density at radius 2 is 1.92 bits per heavy atom. The van der Waals surface area contributed by atoms with Crippen LogP contribution >= 0.6 is 23.8 Å². The van der Waals surface area contributed by atoms with Crippen LogP contribution in [0.4, 0.5) is 0 Å². The van der Waals surface area contributed by atoms with Gasteiger partial charge in [0.05, 0.1) is 18.2 Å². The second-order valence-corrected chi connectivity index (χ2v) is 7.57. The quantitative estimate of drug-likeness (QED) is 0.526. The molecule has 142 valence electrons. The van der Waals surface area contributed by atoms with Gasteiger partial charge < -0.3 is 14.8 Å². The molecule has 2 atom stereocenters. The van der Waals surface area contributed by atoms with Crippen molar-refractivity contribution in [2.75, 3.05) is 13.2 Å². The lowest BCUT2D eigenvalue weighted by Crippen LogP contribution is -2.51. The van der Waals surface area contributed by atoms with Crippen LogP contribution < -0.4 is 25.6 Å². The van der Waals surface area contributed by atoms with Crippen LogP contribution in [0.1, 0.15) is 49.4 Å². The zero-order valence-corrected chi connectivity index (χ0v) is 16.3. The van der Waals surface area contributed by atoms with Crippen molar-refractivity contribution in [2.45, 2.75) is 45.1 Å². The Labute approximate surface area is 163 Å². The van der Waals surface area contributed by atoms with Crippen LogP contribution in [-0.4, -0.2) is 30.3 Å². The van der Waals surface area contributed by atoms with E-state index in [0.29, 0.717) is 52.4 Å². The Bertz CT molecular complexity index is 686. The van der Waals surface area contributed by atoms with Crippen LogP contribution in [0.15, 0.2) is 12.1 Å². The highest BCUT2D eigenvalue weighted by atomic mass is 35.5. The van der Waals surface area contributed by atoms with Crippen molar-refractivity contribution < 1.29 is 14.3 Å². The summed E-state index contributed by atoms with van der Waals surface area (Å²) in [6, 6.07) is 3.53. The normalized spacial score (nSPS) is 22.1. The molecule has 1 heterocycles. The molecule has 0 aromatic heterocycles. The second kappa shape index (κ2) is 8.77. The number of carbonyl (C=O) groups is 1. The summed E-state index contributed by atoms with van der Waals surface area (Å²) in [4.78, 5) is 12.4. The second-order valence-electron chi connectivity index (χ2n) is 6.76. The number of ether oxygens (including phenoxy) is 2. The predicted molar refractivity (Wildman–Crippen MR) is 105 cm³/mol. The molecule has 26 heavy (non-hydrogen) atoms. The predicted octanol–water partition coefficient (Wildman–Crippen LogP) is 3.19. The first-order valence-electron chi connectivity index (χ1n) is 9.00. The first kappa shape index (κ1) is 19.0. The molecule has 6 nitrogen and oxygen atoms in total. The number of nitrogens with one attached hydrogen (secondary N) is 3. The van der Waals surface area contributed by atoms with Gasteiger partial charge in [0.15, 0.2) is 16.6 Å². The van der Waals surface area contributed by atoms with E-state index in [2.05, 4.69) is 23.1 Å². The highest BCUT2D eigenvalue weighted by molar-refractivity contribution is 7.80. The van der Waals surface area contributed by atoms with Crippen LogP contribution in [0.2, 0.25) is 5.02 Å². The molecular weight excluding hydrogens is 374 g/mol. The van der Waals surface area contributed by atoms with E-state index in [9.17, 15) is 4.79 Å². The standard InChI is InChI=1S/C18H24ClN3O3S/c1-11-5-2-3-6-14(11)20-18(26)22-21-17(23)12-9-13(19)16-15(10-12)24-7-4-8-25-16/h9-11,14H,2-8H2,1H3,(H,21,23)(H2,20,22,26). The zero-order valence-electron chi connectivity index (χ0n) is 14.8. The number of amides is 1. The molecule has 1 saturated carbocycles. The van der Waals surface area contributed by atoms with Crippen LogP contribution in [0.25, 0.3) is 0 Å². The lowest BCUT2D eigenvalue weighted by Gasteiger charge is -2.30. The summed E-state index contributed by atoms with van der Waals surface area (Å²) in [6.07, 6.45) is 5.53. The number of rotatable bonds is 2. The van der Waals surface area contributed by atoms with Gasteiger partial charge in [-0.05, 0) is 43.1 Å². The number of hydrazine groups is 1. The third kappa shape index (κ3) is 4.71. The van der Waals surface area contributed by atoms with Crippen molar-refractivity contribution in [3.8, 4) is 11.5 Å². The Kier molecular flexibility index (Phi) is 6.43. The molecule has 3 N–H and O–H groups in total. The van der Waals surface area contributed by atoms with E-state index >= 15 is 0 Å². The first-order chi connectivity index (χ1) is 12.5.